The molecule has 3 N–H and O–H groups in total. The standard InChI is InChI=1S/C9H18F2N2O3/c1-2-15-3-4-16-5-8(14)13-7-9(10,11)6-12/h2-7,12H2,1H3,(H,13,14). The van der Waals surface area contributed by atoms with Gasteiger partial charge in [0.1, 0.15) is 6.61 Å². The van der Waals surface area contributed by atoms with Crippen LogP contribution in [0.2, 0.25) is 0 Å². The average molecular weight is 240 g/mol. The minimum absolute atomic E-state index is 0.256. The van der Waals surface area contributed by atoms with E-state index in [1.54, 1.807) is 0 Å². The molecule has 7 heteroatoms. The first-order chi connectivity index (χ1) is 7.52. The van der Waals surface area contributed by atoms with E-state index in [0.717, 1.165) is 0 Å². The van der Waals surface area contributed by atoms with Crippen LogP contribution in [-0.2, 0) is 14.3 Å². The van der Waals surface area contributed by atoms with Crippen molar-refractivity contribution >= 4 is 5.91 Å². The van der Waals surface area contributed by atoms with Crippen molar-refractivity contribution in [3.8, 4) is 0 Å². The van der Waals surface area contributed by atoms with E-state index in [1.807, 2.05) is 12.2 Å². The molecule has 96 valence electrons. The summed E-state index contributed by atoms with van der Waals surface area (Å²) in [5.74, 6) is -3.66. The van der Waals surface area contributed by atoms with Crippen LogP contribution in [-0.4, -0.2) is 51.3 Å². The third-order valence-electron chi connectivity index (χ3n) is 1.65. The molecule has 0 aromatic carbocycles. The Morgan fingerprint density at radius 3 is 2.56 bits per heavy atom. The maximum absolute atomic E-state index is 12.6. The van der Waals surface area contributed by atoms with Crippen LogP contribution in [0.1, 0.15) is 6.92 Å². The summed E-state index contributed by atoms with van der Waals surface area (Å²) < 4.78 is 35.0. The van der Waals surface area contributed by atoms with Gasteiger partial charge in [-0.05, 0) is 6.92 Å². The van der Waals surface area contributed by atoms with Crippen LogP contribution in [0.15, 0.2) is 0 Å². The molecule has 0 unspecified atom stereocenters. The second-order valence-electron chi connectivity index (χ2n) is 3.09. The molecule has 0 rings (SSSR count). The zero-order valence-electron chi connectivity index (χ0n) is 9.30. The van der Waals surface area contributed by atoms with E-state index in [-0.39, 0.29) is 13.2 Å². The summed E-state index contributed by atoms with van der Waals surface area (Å²) in [5.41, 5.74) is 4.80. The third kappa shape index (κ3) is 8.51. The Morgan fingerprint density at radius 1 is 1.38 bits per heavy atom. The predicted molar refractivity (Wildman–Crippen MR) is 54.3 cm³/mol. The molecule has 16 heavy (non-hydrogen) atoms. The number of hydrogen-bond acceptors (Lipinski definition) is 4. The predicted octanol–water partition coefficient (Wildman–Crippen LogP) is -0.250. The summed E-state index contributed by atoms with van der Waals surface area (Å²) in [4.78, 5) is 11.0. The fourth-order valence-electron chi connectivity index (χ4n) is 0.778. The second kappa shape index (κ2) is 8.37. The van der Waals surface area contributed by atoms with Gasteiger partial charge in [-0.1, -0.05) is 0 Å². The Morgan fingerprint density at radius 2 is 2.00 bits per heavy atom. The first-order valence-corrected chi connectivity index (χ1v) is 5.02. The molecule has 0 spiro atoms. The molecule has 0 aliphatic heterocycles. The molecular formula is C9H18F2N2O3. The van der Waals surface area contributed by atoms with Crippen molar-refractivity contribution in [2.75, 3.05) is 39.5 Å². The van der Waals surface area contributed by atoms with Gasteiger partial charge in [-0.25, -0.2) is 8.78 Å². The number of hydrogen-bond donors (Lipinski definition) is 2. The van der Waals surface area contributed by atoms with Crippen molar-refractivity contribution in [1.29, 1.82) is 0 Å². The molecular weight excluding hydrogens is 222 g/mol. The van der Waals surface area contributed by atoms with Gasteiger partial charge in [-0.2, -0.15) is 0 Å². The van der Waals surface area contributed by atoms with E-state index in [9.17, 15) is 13.6 Å². The molecule has 0 bridgehead atoms. The normalized spacial score (nSPS) is 11.5. The van der Waals surface area contributed by atoms with Gasteiger partial charge in [0.25, 0.3) is 5.92 Å². The first-order valence-electron chi connectivity index (χ1n) is 5.02. The minimum Gasteiger partial charge on any atom is -0.379 e. The van der Waals surface area contributed by atoms with Crippen LogP contribution < -0.4 is 11.1 Å². The zero-order chi connectivity index (χ0) is 12.4. The lowest BCUT2D eigenvalue weighted by molar-refractivity contribution is -0.127. The number of alkyl halides is 2. The van der Waals surface area contributed by atoms with E-state index in [0.29, 0.717) is 13.2 Å². The maximum atomic E-state index is 12.6. The van der Waals surface area contributed by atoms with E-state index in [4.69, 9.17) is 15.2 Å². The lowest BCUT2D eigenvalue weighted by Gasteiger charge is -2.14. The minimum atomic E-state index is -3.07. The van der Waals surface area contributed by atoms with Crippen molar-refractivity contribution in [2.24, 2.45) is 5.73 Å². The Balaban J connectivity index is 3.45. The van der Waals surface area contributed by atoms with E-state index >= 15 is 0 Å². The van der Waals surface area contributed by atoms with Crippen molar-refractivity contribution in [1.82, 2.24) is 5.32 Å². The smallest absolute Gasteiger partial charge is 0.277 e. The fraction of sp³-hybridized carbons (Fsp3) is 0.889. The molecule has 0 aromatic heterocycles. The molecule has 0 aliphatic rings. The van der Waals surface area contributed by atoms with Crippen LogP contribution >= 0.6 is 0 Å². The average Bonchev–Trinajstić information content (AvgIpc) is 2.26. The van der Waals surface area contributed by atoms with Gasteiger partial charge in [0.2, 0.25) is 5.91 Å². The van der Waals surface area contributed by atoms with E-state index < -0.39 is 24.9 Å². The zero-order valence-corrected chi connectivity index (χ0v) is 9.30. The fourth-order valence-corrected chi connectivity index (χ4v) is 0.778. The quantitative estimate of drug-likeness (QED) is 0.545. The molecule has 0 saturated carbocycles. The molecule has 1 amide bonds. The number of carbonyl (C=O) groups is 1. The van der Waals surface area contributed by atoms with Gasteiger partial charge in [-0.3, -0.25) is 4.79 Å². The molecule has 0 saturated heterocycles. The van der Waals surface area contributed by atoms with E-state index in [1.165, 1.54) is 0 Å². The number of nitrogens with one attached hydrogen (secondary N) is 1. The monoisotopic (exact) mass is 240 g/mol. The van der Waals surface area contributed by atoms with Gasteiger partial charge in [0, 0.05) is 6.61 Å². The Hall–Kier alpha value is -0.790. The van der Waals surface area contributed by atoms with Crippen molar-refractivity contribution < 1.29 is 23.0 Å². The summed E-state index contributed by atoms with van der Waals surface area (Å²) in [6, 6.07) is 0. The van der Waals surface area contributed by atoms with Crippen molar-refractivity contribution in [2.45, 2.75) is 12.8 Å². The van der Waals surface area contributed by atoms with Gasteiger partial charge in [0.15, 0.2) is 0 Å². The molecule has 0 atom stereocenters. The highest BCUT2D eigenvalue weighted by Crippen LogP contribution is 2.08. The van der Waals surface area contributed by atoms with Crippen LogP contribution in [0.25, 0.3) is 0 Å². The van der Waals surface area contributed by atoms with Crippen molar-refractivity contribution in [3.05, 3.63) is 0 Å². The first kappa shape index (κ1) is 15.2. The second-order valence-corrected chi connectivity index (χ2v) is 3.09. The SMILES string of the molecule is CCOCCOCC(=O)NCC(F)(F)CN. The molecule has 5 nitrogen and oxygen atoms in total. The highest BCUT2D eigenvalue weighted by Gasteiger charge is 2.26. The summed E-state index contributed by atoms with van der Waals surface area (Å²) in [6.45, 7) is 1.22. The number of amides is 1. The Labute approximate surface area is 93.3 Å². The van der Waals surface area contributed by atoms with Gasteiger partial charge in [0.05, 0.1) is 26.3 Å². The van der Waals surface area contributed by atoms with Crippen LogP contribution in [0.3, 0.4) is 0 Å². The number of ether oxygens (including phenoxy) is 2. The van der Waals surface area contributed by atoms with Crippen LogP contribution in [0.5, 0.6) is 0 Å². The third-order valence-corrected chi connectivity index (χ3v) is 1.65. The molecule has 0 aromatic rings. The highest BCUT2D eigenvalue weighted by molar-refractivity contribution is 5.77. The largest absolute Gasteiger partial charge is 0.379 e. The van der Waals surface area contributed by atoms with Gasteiger partial charge >= 0.3 is 0 Å². The summed E-state index contributed by atoms with van der Waals surface area (Å²) in [7, 11) is 0. The summed E-state index contributed by atoms with van der Waals surface area (Å²) in [5, 5.41) is 2.03. The number of carbonyl (C=O) groups excluding carboxylic acids is 1. The molecule has 0 heterocycles. The molecule has 0 radical (unpaired) electrons. The molecule has 0 aliphatic carbocycles. The lowest BCUT2D eigenvalue weighted by Crippen LogP contribution is -2.42. The maximum Gasteiger partial charge on any atom is 0.277 e. The number of rotatable bonds is 9. The Bertz CT molecular complexity index is 203. The summed E-state index contributed by atoms with van der Waals surface area (Å²) >= 11 is 0. The van der Waals surface area contributed by atoms with Gasteiger partial charge < -0.3 is 20.5 Å². The topological polar surface area (TPSA) is 73.6 Å². The van der Waals surface area contributed by atoms with Crippen LogP contribution in [0, 0.1) is 0 Å². The Kier molecular flexibility index (Phi) is 7.96. The van der Waals surface area contributed by atoms with Gasteiger partial charge in [-0.15, -0.1) is 0 Å². The number of halogens is 2. The highest BCUT2D eigenvalue weighted by atomic mass is 19.3. The summed E-state index contributed by atoms with van der Waals surface area (Å²) in [6.07, 6.45) is 0. The lowest BCUT2D eigenvalue weighted by atomic mass is 10.3. The van der Waals surface area contributed by atoms with E-state index in [2.05, 4.69) is 0 Å². The van der Waals surface area contributed by atoms with Crippen LogP contribution in [0.4, 0.5) is 8.78 Å². The van der Waals surface area contributed by atoms with Crippen molar-refractivity contribution in [3.63, 3.8) is 0 Å². The number of nitrogens with two attached hydrogens (primary N) is 1. The molecule has 0 fully saturated rings.